The Balaban J connectivity index is 1.49. The number of rotatable bonds is 6. The number of aryl methyl sites for hydroxylation is 2. The molecular weight excluding hydrogens is 386 g/mol. The normalized spacial score (nSPS) is 14.3. The molecule has 1 fully saturated rings. The van der Waals surface area contributed by atoms with Gasteiger partial charge >= 0.3 is 5.97 Å². The predicted octanol–water partition coefficient (Wildman–Crippen LogP) is 3.61. The quantitative estimate of drug-likeness (QED) is 0.443. The van der Waals surface area contributed by atoms with E-state index in [-0.39, 0.29) is 24.1 Å². The first-order chi connectivity index (χ1) is 14.3. The number of esters is 1. The molecular formula is C22H25N3O5. The van der Waals surface area contributed by atoms with Gasteiger partial charge in [-0.2, -0.15) is 0 Å². The van der Waals surface area contributed by atoms with Crippen molar-refractivity contribution in [3.8, 4) is 0 Å². The molecule has 1 amide bonds. The fourth-order valence-corrected chi connectivity index (χ4v) is 3.55. The molecule has 1 heterocycles. The molecule has 1 aliphatic rings. The summed E-state index contributed by atoms with van der Waals surface area (Å²) in [4.78, 5) is 37.2. The van der Waals surface area contributed by atoms with Crippen LogP contribution in [0.25, 0.3) is 0 Å². The van der Waals surface area contributed by atoms with E-state index in [0.29, 0.717) is 37.3 Å². The maximum Gasteiger partial charge on any atom is 0.309 e. The van der Waals surface area contributed by atoms with E-state index in [9.17, 15) is 19.7 Å². The summed E-state index contributed by atoms with van der Waals surface area (Å²) < 4.78 is 5.21. The van der Waals surface area contributed by atoms with E-state index in [4.69, 9.17) is 4.74 Å². The number of carbonyl (C=O) groups is 2. The molecule has 8 nitrogen and oxygen atoms in total. The first kappa shape index (κ1) is 21.3. The second-order valence-corrected chi connectivity index (χ2v) is 7.48. The summed E-state index contributed by atoms with van der Waals surface area (Å²) in [7, 11) is 0. The SMILES string of the molecule is Cc1ccc(C)c(NC(=O)COC(=O)C2CCN(c3ccccc3[N+](=O)[O-])CC2)c1. The number of carbonyl (C=O) groups excluding carboxylic acids is 2. The number of nitro benzene ring substituents is 1. The Bertz CT molecular complexity index is 952. The van der Waals surface area contributed by atoms with Crippen molar-refractivity contribution in [1.82, 2.24) is 0 Å². The van der Waals surface area contributed by atoms with Crippen molar-refractivity contribution < 1.29 is 19.2 Å². The first-order valence-electron chi connectivity index (χ1n) is 9.87. The number of anilines is 2. The van der Waals surface area contributed by atoms with Crippen molar-refractivity contribution in [1.29, 1.82) is 0 Å². The van der Waals surface area contributed by atoms with Gasteiger partial charge in [-0.15, -0.1) is 0 Å². The topological polar surface area (TPSA) is 102 Å². The highest BCUT2D eigenvalue weighted by atomic mass is 16.6. The van der Waals surface area contributed by atoms with E-state index < -0.39 is 10.9 Å². The molecule has 30 heavy (non-hydrogen) atoms. The van der Waals surface area contributed by atoms with E-state index >= 15 is 0 Å². The second-order valence-electron chi connectivity index (χ2n) is 7.48. The molecule has 0 spiro atoms. The lowest BCUT2D eigenvalue weighted by Gasteiger charge is -2.32. The third kappa shape index (κ3) is 5.14. The highest BCUT2D eigenvalue weighted by Crippen LogP contribution is 2.31. The molecule has 0 unspecified atom stereocenters. The van der Waals surface area contributed by atoms with Crippen molar-refractivity contribution in [2.45, 2.75) is 26.7 Å². The second kappa shape index (κ2) is 9.39. The molecule has 0 radical (unpaired) electrons. The summed E-state index contributed by atoms with van der Waals surface area (Å²) in [5, 5.41) is 14.0. The van der Waals surface area contributed by atoms with Crippen molar-refractivity contribution in [3.63, 3.8) is 0 Å². The minimum Gasteiger partial charge on any atom is -0.455 e. The standard InChI is InChI=1S/C22H25N3O5/c1-15-7-8-16(2)18(13-15)23-21(26)14-30-22(27)17-9-11-24(12-10-17)19-5-3-4-6-20(19)25(28)29/h3-8,13,17H,9-12,14H2,1-2H3,(H,23,26). The number of para-hydroxylation sites is 2. The van der Waals surface area contributed by atoms with Crippen LogP contribution in [-0.2, 0) is 14.3 Å². The molecule has 3 rings (SSSR count). The lowest BCUT2D eigenvalue weighted by Crippen LogP contribution is -2.37. The van der Waals surface area contributed by atoms with E-state index in [1.807, 2.05) is 36.9 Å². The largest absolute Gasteiger partial charge is 0.455 e. The Kier molecular flexibility index (Phi) is 6.66. The number of benzene rings is 2. The van der Waals surface area contributed by atoms with Crippen molar-refractivity contribution >= 4 is 28.9 Å². The number of amides is 1. The van der Waals surface area contributed by atoms with Crippen molar-refractivity contribution in [2.75, 3.05) is 29.9 Å². The first-order valence-corrected chi connectivity index (χ1v) is 9.87. The summed E-state index contributed by atoms with van der Waals surface area (Å²) in [6, 6.07) is 12.3. The van der Waals surface area contributed by atoms with E-state index in [1.54, 1.807) is 18.2 Å². The molecule has 1 aliphatic heterocycles. The van der Waals surface area contributed by atoms with Crippen molar-refractivity contribution in [3.05, 3.63) is 63.7 Å². The highest BCUT2D eigenvalue weighted by Gasteiger charge is 2.29. The van der Waals surface area contributed by atoms with Crippen LogP contribution in [0.5, 0.6) is 0 Å². The van der Waals surface area contributed by atoms with Gasteiger partial charge in [0.1, 0.15) is 5.69 Å². The summed E-state index contributed by atoms with van der Waals surface area (Å²) in [6.07, 6.45) is 1.03. The van der Waals surface area contributed by atoms with Crippen molar-refractivity contribution in [2.24, 2.45) is 5.92 Å². The number of nitrogens with zero attached hydrogens (tertiary/aromatic N) is 2. The Morgan fingerprint density at radius 3 is 2.57 bits per heavy atom. The number of nitro groups is 1. The molecule has 2 aromatic carbocycles. The lowest BCUT2D eigenvalue weighted by atomic mass is 9.96. The number of ether oxygens (including phenoxy) is 1. The van der Waals surface area contributed by atoms with Crippen LogP contribution < -0.4 is 10.2 Å². The molecule has 0 aliphatic carbocycles. The zero-order valence-corrected chi connectivity index (χ0v) is 17.1. The molecule has 0 aromatic heterocycles. The number of hydrogen-bond donors (Lipinski definition) is 1. The fraction of sp³-hybridized carbons (Fsp3) is 0.364. The average molecular weight is 411 g/mol. The number of piperidine rings is 1. The average Bonchev–Trinajstić information content (AvgIpc) is 2.74. The molecule has 1 saturated heterocycles. The lowest BCUT2D eigenvalue weighted by molar-refractivity contribution is -0.384. The monoisotopic (exact) mass is 411 g/mol. The van der Waals surface area contributed by atoms with Gasteiger partial charge < -0.3 is 15.0 Å². The van der Waals surface area contributed by atoms with Gasteiger partial charge in [-0.3, -0.25) is 19.7 Å². The number of nitrogens with one attached hydrogen (secondary N) is 1. The maximum atomic E-state index is 12.4. The predicted molar refractivity (Wildman–Crippen MR) is 114 cm³/mol. The minimum absolute atomic E-state index is 0.0571. The Morgan fingerprint density at radius 1 is 1.17 bits per heavy atom. The molecule has 0 atom stereocenters. The van der Waals surface area contributed by atoms with Crippen LogP contribution >= 0.6 is 0 Å². The Labute approximate surface area is 175 Å². The van der Waals surface area contributed by atoms with E-state index in [2.05, 4.69) is 5.32 Å². The van der Waals surface area contributed by atoms with Gasteiger partial charge in [0.05, 0.1) is 10.8 Å². The van der Waals surface area contributed by atoms with Crippen LogP contribution in [0.15, 0.2) is 42.5 Å². The van der Waals surface area contributed by atoms with Gasteiger partial charge in [0.15, 0.2) is 6.61 Å². The Hall–Kier alpha value is -3.42. The molecule has 8 heteroatoms. The van der Waals surface area contributed by atoms with Gasteiger partial charge in [-0.1, -0.05) is 24.3 Å². The van der Waals surface area contributed by atoms with Crippen LogP contribution in [0, 0.1) is 29.9 Å². The van der Waals surface area contributed by atoms with Crippen LogP contribution in [0.2, 0.25) is 0 Å². The van der Waals surface area contributed by atoms with Crippen LogP contribution in [0.4, 0.5) is 17.1 Å². The van der Waals surface area contributed by atoms with Gasteiger partial charge in [0.25, 0.3) is 11.6 Å². The Morgan fingerprint density at radius 2 is 1.87 bits per heavy atom. The summed E-state index contributed by atoms with van der Waals surface area (Å²) in [5.74, 6) is -1.11. The third-order valence-corrected chi connectivity index (χ3v) is 5.26. The van der Waals surface area contributed by atoms with Gasteiger partial charge in [0, 0.05) is 24.8 Å². The van der Waals surface area contributed by atoms with Gasteiger partial charge in [0.2, 0.25) is 0 Å². The maximum absolute atomic E-state index is 12.4. The minimum atomic E-state index is -0.409. The highest BCUT2D eigenvalue weighted by molar-refractivity contribution is 5.93. The summed E-state index contributed by atoms with van der Waals surface area (Å²) in [6.45, 7) is 4.52. The third-order valence-electron chi connectivity index (χ3n) is 5.26. The summed E-state index contributed by atoms with van der Waals surface area (Å²) in [5.41, 5.74) is 3.28. The summed E-state index contributed by atoms with van der Waals surface area (Å²) >= 11 is 0. The fourth-order valence-electron chi connectivity index (χ4n) is 3.55. The number of hydrogen-bond acceptors (Lipinski definition) is 6. The van der Waals surface area contributed by atoms with Gasteiger partial charge in [-0.25, -0.2) is 0 Å². The molecule has 1 N–H and O–H groups in total. The molecule has 0 saturated carbocycles. The van der Waals surface area contributed by atoms with Crippen LogP contribution in [0.1, 0.15) is 24.0 Å². The van der Waals surface area contributed by atoms with Crippen LogP contribution in [-0.4, -0.2) is 36.5 Å². The zero-order chi connectivity index (χ0) is 21.7. The smallest absolute Gasteiger partial charge is 0.309 e. The van der Waals surface area contributed by atoms with E-state index in [0.717, 1.165) is 11.1 Å². The molecule has 2 aromatic rings. The molecule has 0 bridgehead atoms. The molecule has 158 valence electrons. The zero-order valence-electron chi connectivity index (χ0n) is 17.1. The van der Waals surface area contributed by atoms with E-state index in [1.165, 1.54) is 6.07 Å². The van der Waals surface area contributed by atoms with Crippen LogP contribution in [0.3, 0.4) is 0 Å². The van der Waals surface area contributed by atoms with Gasteiger partial charge in [-0.05, 0) is 49.9 Å².